The molecule has 1 fully saturated rings. The van der Waals surface area contributed by atoms with Crippen LogP contribution in [0.5, 0.6) is 0 Å². The highest BCUT2D eigenvalue weighted by Gasteiger charge is 2.44. The number of carbonyl (C=O) groups excluding carboxylic acids is 4. The maximum Gasteiger partial charge on any atom is 0.408 e. The van der Waals surface area contributed by atoms with E-state index in [1.807, 2.05) is 45.9 Å². The first-order chi connectivity index (χ1) is 15.7. The zero-order valence-electron chi connectivity index (χ0n) is 21.2. The number of hydrogen-bond acceptors (Lipinski definition) is 5. The summed E-state index contributed by atoms with van der Waals surface area (Å²) in [7, 11) is 0. The lowest BCUT2D eigenvalue weighted by atomic mass is 9.94. The Morgan fingerprint density at radius 2 is 1.74 bits per heavy atom. The van der Waals surface area contributed by atoms with Gasteiger partial charge in [0.15, 0.2) is 0 Å². The van der Waals surface area contributed by atoms with Crippen LogP contribution in [0.4, 0.5) is 4.79 Å². The van der Waals surface area contributed by atoms with Gasteiger partial charge < -0.3 is 26.0 Å². The molecule has 0 aliphatic heterocycles. The number of carbonyl (C=O) groups is 4. The van der Waals surface area contributed by atoms with E-state index in [1.165, 1.54) is 4.90 Å². The van der Waals surface area contributed by atoms with Gasteiger partial charge in [-0.3, -0.25) is 14.4 Å². The summed E-state index contributed by atoms with van der Waals surface area (Å²) in [6.07, 6.45) is 0.195. The van der Waals surface area contributed by atoms with E-state index in [9.17, 15) is 19.2 Å². The lowest BCUT2D eigenvalue weighted by Crippen LogP contribution is -2.55. The topological polar surface area (TPSA) is 131 Å². The monoisotopic (exact) mass is 474 g/mol. The van der Waals surface area contributed by atoms with Gasteiger partial charge in [-0.05, 0) is 78.0 Å². The molecule has 0 heterocycles. The molecule has 0 radical (unpaired) electrons. The van der Waals surface area contributed by atoms with Crippen LogP contribution in [0.15, 0.2) is 18.2 Å². The van der Waals surface area contributed by atoms with E-state index in [-0.39, 0.29) is 18.0 Å². The molecule has 4 amide bonds. The second kappa shape index (κ2) is 10.9. The number of nitrogens with zero attached hydrogens (tertiary/aromatic N) is 1. The molecule has 9 heteroatoms. The third kappa shape index (κ3) is 7.46. The molecular weight excluding hydrogens is 436 g/mol. The fourth-order valence-electron chi connectivity index (χ4n) is 3.75. The van der Waals surface area contributed by atoms with Crippen molar-refractivity contribution in [1.82, 2.24) is 15.5 Å². The van der Waals surface area contributed by atoms with E-state index >= 15 is 0 Å². The van der Waals surface area contributed by atoms with Crippen molar-refractivity contribution in [2.75, 3.05) is 0 Å². The predicted octanol–water partition coefficient (Wildman–Crippen LogP) is 2.63. The second-order valence-corrected chi connectivity index (χ2v) is 10.2. The summed E-state index contributed by atoms with van der Waals surface area (Å²) in [6, 6.07) is 3.12. The first-order valence-corrected chi connectivity index (χ1v) is 11.7. The summed E-state index contributed by atoms with van der Waals surface area (Å²) in [6.45, 7) is 12.6. The minimum atomic E-state index is -1.26. The van der Waals surface area contributed by atoms with Crippen molar-refractivity contribution in [3.8, 4) is 0 Å². The summed E-state index contributed by atoms with van der Waals surface area (Å²) in [4.78, 5) is 53.0. The molecule has 188 valence electrons. The van der Waals surface area contributed by atoms with Crippen LogP contribution >= 0.6 is 0 Å². The van der Waals surface area contributed by atoms with Crippen LogP contribution in [0.25, 0.3) is 0 Å². The molecule has 2 unspecified atom stereocenters. The summed E-state index contributed by atoms with van der Waals surface area (Å²) in [5, 5.41) is 5.42. The van der Waals surface area contributed by atoms with Gasteiger partial charge in [0.1, 0.15) is 17.7 Å². The van der Waals surface area contributed by atoms with E-state index in [0.29, 0.717) is 5.56 Å². The molecule has 34 heavy (non-hydrogen) atoms. The number of ether oxygens (including phenoxy) is 1. The predicted molar refractivity (Wildman–Crippen MR) is 129 cm³/mol. The van der Waals surface area contributed by atoms with Crippen LogP contribution in [0.1, 0.15) is 76.6 Å². The van der Waals surface area contributed by atoms with Crippen molar-refractivity contribution in [1.29, 1.82) is 0 Å². The third-order valence-corrected chi connectivity index (χ3v) is 5.49. The summed E-state index contributed by atoms with van der Waals surface area (Å²) in [5.41, 5.74) is 7.20. The van der Waals surface area contributed by atoms with E-state index in [2.05, 4.69) is 10.6 Å². The fraction of sp³-hybridized carbons (Fsp3) is 0.600. The summed E-state index contributed by atoms with van der Waals surface area (Å²) < 4.78 is 5.28. The quantitative estimate of drug-likeness (QED) is 0.506. The average Bonchev–Trinajstić information content (AvgIpc) is 3.50. The zero-order valence-corrected chi connectivity index (χ0v) is 21.2. The highest BCUT2D eigenvalue weighted by Crippen LogP contribution is 2.37. The SMILES string of the molecule is Cc1cccc(C(C(=O)NC(C)C)N(C(=O)C(CC(N)=O)NC(=O)OC(C)(C)C)C2CC2)c1C. The Morgan fingerprint density at radius 3 is 2.24 bits per heavy atom. The largest absolute Gasteiger partial charge is 0.444 e. The number of primary amides is 1. The highest BCUT2D eigenvalue weighted by molar-refractivity contribution is 5.95. The van der Waals surface area contributed by atoms with Gasteiger partial charge >= 0.3 is 6.09 Å². The van der Waals surface area contributed by atoms with Gasteiger partial charge in [0.25, 0.3) is 0 Å². The number of nitrogens with one attached hydrogen (secondary N) is 2. The average molecular weight is 475 g/mol. The lowest BCUT2D eigenvalue weighted by molar-refractivity contribution is -0.144. The van der Waals surface area contributed by atoms with Crippen LogP contribution in [-0.4, -0.2) is 52.4 Å². The second-order valence-electron chi connectivity index (χ2n) is 10.2. The van der Waals surface area contributed by atoms with Gasteiger partial charge in [-0.2, -0.15) is 0 Å². The molecule has 0 bridgehead atoms. The Labute approximate surface area is 201 Å². The molecule has 2 rings (SSSR count). The summed E-state index contributed by atoms with van der Waals surface area (Å²) in [5.74, 6) is -1.61. The van der Waals surface area contributed by atoms with Gasteiger partial charge in [0.2, 0.25) is 17.7 Å². The van der Waals surface area contributed by atoms with E-state index < -0.39 is 42.0 Å². The Morgan fingerprint density at radius 1 is 1.12 bits per heavy atom. The van der Waals surface area contributed by atoms with Crippen LogP contribution < -0.4 is 16.4 Å². The molecule has 1 aliphatic rings. The summed E-state index contributed by atoms with van der Waals surface area (Å²) >= 11 is 0. The minimum absolute atomic E-state index is 0.141. The van der Waals surface area contributed by atoms with Crippen LogP contribution in [0.2, 0.25) is 0 Å². The first kappa shape index (κ1) is 27.1. The van der Waals surface area contributed by atoms with Crippen molar-refractivity contribution >= 4 is 23.8 Å². The van der Waals surface area contributed by atoms with E-state index in [4.69, 9.17) is 10.5 Å². The third-order valence-electron chi connectivity index (χ3n) is 5.49. The van der Waals surface area contributed by atoms with Gasteiger partial charge in [-0.25, -0.2) is 4.79 Å². The smallest absolute Gasteiger partial charge is 0.408 e. The Bertz CT molecular complexity index is 934. The fourth-order valence-corrected chi connectivity index (χ4v) is 3.75. The Balaban J connectivity index is 2.50. The molecule has 9 nitrogen and oxygen atoms in total. The molecule has 0 aromatic heterocycles. The van der Waals surface area contributed by atoms with Gasteiger partial charge in [0.05, 0.1) is 6.42 Å². The number of aryl methyl sites for hydroxylation is 1. The lowest BCUT2D eigenvalue weighted by Gasteiger charge is -2.35. The van der Waals surface area contributed by atoms with Crippen molar-refractivity contribution in [2.45, 2.75) is 97.5 Å². The molecule has 1 aromatic rings. The first-order valence-electron chi connectivity index (χ1n) is 11.7. The maximum atomic E-state index is 13.8. The van der Waals surface area contributed by atoms with Crippen molar-refractivity contribution < 1.29 is 23.9 Å². The van der Waals surface area contributed by atoms with Crippen LogP contribution in [0, 0.1) is 13.8 Å². The van der Waals surface area contributed by atoms with E-state index in [1.54, 1.807) is 20.8 Å². The number of benzene rings is 1. The van der Waals surface area contributed by atoms with Crippen LogP contribution in [-0.2, 0) is 19.1 Å². The van der Waals surface area contributed by atoms with Crippen molar-refractivity contribution in [3.05, 3.63) is 34.9 Å². The molecule has 1 saturated carbocycles. The minimum Gasteiger partial charge on any atom is -0.444 e. The molecule has 2 atom stereocenters. The van der Waals surface area contributed by atoms with Crippen LogP contribution in [0.3, 0.4) is 0 Å². The van der Waals surface area contributed by atoms with Gasteiger partial charge in [-0.15, -0.1) is 0 Å². The Hall–Kier alpha value is -3.10. The number of amides is 4. The molecule has 0 saturated heterocycles. The molecule has 1 aliphatic carbocycles. The number of hydrogen-bond donors (Lipinski definition) is 3. The molecule has 0 spiro atoms. The van der Waals surface area contributed by atoms with E-state index in [0.717, 1.165) is 24.0 Å². The highest BCUT2D eigenvalue weighted by atomic mass is 16.6. The number of alkyl carbamates (subject to hydrolysis) is 1. The Kier molecular flexibility index (Phi) is 8.69. The van der Waals surface area contributed by atoms with Crippen molar-refractivity contribution in [3.63, 3.8) is 0 Å². The van der Waals surface area contributed by atoms with Crippen molar-refractivity contribution in [2.24, 2.45) is 5.73 Å². The standard InChI is InChI=1S/C25H38N4O5/c1-14(2)27-22(31)21(18-10-8-9-15(3)16(18)4)29(17-11-12-17)23(32)19(13-20(26)30)28-24(33)34-25(5,6)7/h8-10,14,17,19,21H,11-13H2,1-7H3,(H2,26,30)(H,27,31)(H,28,33). The van der Waals surface area contributed by atoms with Gasteiger partial charge in [-0.1, -0.05) is 18.2 Å². The van der Waals surface area contributed by atoms with Gasteiger partial charge in [0, 0.05) is 12.1 Å². The zero-order chi connectivity index (χ0) is 25.8. The number of rotatable bonds is 9. The molecule has 1 aromatic carbocycles. The molecule has 4 N–H and O–H groups in total. The molecular formula is C25H38N4O5. The normalized spacial score (nSPS) is 15.3. The number of nitrogens with two attached hydrogens (primary N) is 1. The maximum absolute atomic E-state index is 13.8.